The molecule has 1 heteroatoms. The van der Waals surface area contributed by atoms with Crippen molar-refractivity contribution in [1.29, 1.82) is 0 Å². The first-order chi connectivity index (χ1) is 6.95. The summed E-state index contributed by atoms with van der Waals surface area (Å²) < 4.78 is 0. The molecule has 0 aliphatic carbocycles. The molecule has 0 radical (unpaired) electrons. The van der Waals surface area contributed by atoms with Crippen molar-refractivity contribution < 1.29 is 0 Å². The van der Waals surface area contributed by atoms with E-state index in [1.54, 1.807) is 0 Å². The van der Waals surface area contributed by atoms with Gasteiger partial charge in [-0.15, -0.1) is 0 Å². The van der Waals surface area contributed by atoms with Crippen LogP contribution in [0.3, 0.4) is 0 Å². The molecular weight excluding hydrogens is 182 g/mol. The molecule has 1 rings (SSSR count). The van der Waals surface area contributed by atoms with Gasteiger partial charge in [-0.2, -0.15) is 0 Å². The average Bonchev–Trinajstić information content (AvgIpc) is 2.18. The minimum atomic E-state index is 0.357. The molecular formula is C14H23N. The molecule has 1 aromatic rings. The summed E-state index contributed by atoms with van der Waals surface area (Å²) in [6, 6.07) is 4.36. The zero-order chi connectivity index (χ0) is 11.5. The monoisotopic (exact) mass is 205 g/mol. The summed E-state index contributed by atoms with van der Waals surface area (Å²) in [7, 11) is 0. The van der Waals surface area contributed by atoms with E-state index in [0.29, 0.717) is 11.3 Å². The molecule has 1 heterocycles. The second-order valence-electron chi connectivity index (χ2n) is 5.33. The van der Waals surface area contributed by atoms with Crippen molar-refractivity contribution in [3.05, 3.63) is 29.6 Å². The molecule has 0 unspecified atom stereocenters. The Morgan fingerprint density at radius 1 is 1.27 bits per heavy atom. The molecule has 1 aromatic heterocycles. The lowest BCUT2D eigenvalue weighted by Gasteiger charge is -2.29. The summed E-state index contributed by atoms with van der Waals surface area (Å²) in [5.74, 6) is 0.698. The summed E-state index contributed by atoms with van der Waals surface area (Å²) in [5.41, 5.74) is 2.89. The van der Waals surface area contributed by atoms with Crippen molar-refractivity contribution in [2.75, 3.05) is 0 Å². The average molecular weight is 205 g/mol. The molecule has 0 aliphatic rings. The van der Waals surface area contributed by atoms with Crippen LogP contribution in [0.5, 0.6) is 0 Å². The molecule has 0 aromatic carbocycles. The Hall–Kier alpha value is -0.850. The lowest BCUT2D eigenvalue weighted by molar-refractivity contribution is 0.248. The third kappa shape index (κ3) is 3.33. The summed E-state index contributed by atoms with van der Waals surface area (Å²) in [6.07, 6.45) is 4.17. The van der Waals surface area contributed by atoms with Gasteiger partial charge in [-0.25, -0.2) is 0 Å². The number of aryl methyl sites for hydroxylation is 1. The Labute approximate surface area is 93.9 Å². The molecule has 0 atom stereocenters. The molecule has 84 valence electrons. The fourth-order valence-corrected chi connectivity index (χ4v) is 1.50. The Bertz CT molecular complexity index is 296. The lowest BCUT2D eigenvalue weighted by Crippen LogP contribution is -2.22. The van der Waals surface area contributed by atoms with Gasteiger partial charge in [0.25, 0.3) is 0 Å². The minimum Gasteiger partial charge on any atom is -0.261 e. The number of pyridine rings is 1. The summed E-state index contributed by atoms with van der Waals surface area (Å²) in [6.45, 7) is 11.4. The quantitative estimate of drug-likeness (QED) is 0.727. The summed E-state index contributed by atoms with van der Waals surface area (Å²) in [4.78, 5) is 4.44. The molecule has 0 saturated carbocycles. The van der Waals surface area contributed by atoms with Crippen LogP contribution < -0.4 is 0 Å². The molecule has 15 heavy (non-hydrogen) atoms. The van der Waals surface area contributed by atoms with Gasteiger partial charge in [-0.3, -0.25) is 4.98 Å². The van der Waals surface area contributed by atoms with Crippen molar-refractivity contribution in [2.45, 2.75) is 47.5 Å². The third-order valence-corrected chi connectivity index (χ3v) is 3.47. The SMILES string of the molecule is CCc1ccc(CC(C)(C)C(C)C)cn1. The van der Waals surface area contributed by atoms with E-state index < -0.39 is 0 Å². The van der Waals surface area contributed by atoms with Gasteiger partial charge in [-0.05, 0) is 35.8 Å². The van der Waals surface area contributed by atoms with E-state index in [9.17, 15) is 0 Å². The van der Waals surface area contributed by atoms with Crippen molar-refractivity contribution in [3.63, 3.8) is 0 Å². The Balaban J connectivity index is 2.73. The summed E-state index contributed by atoms with van der Waals surface area (Å²) in [5, 5.41) is 0. The Kier molecular flexibility index (Phi) is 3.90. The van der Waals surface area contributed by atoms with Crippen LogP contribution in [-0.2, 0) is 12.8 Å². The highest BCUT2D eigenvalue weighted by Gasteiger charge is 2.22. The van der Waals surface area contributed by atoms with E-state index in [0.717, 1.165) is 12.8 Å². The van der Waals surface area contributed by atoms with Gasteiger partial charge in [0.2, 0.25) is 0 Å². The zero-order valence-corrected chi connectivity index (χ0v) is 10.7. The second-order valence-corrected chi connectivity index (χ2v) is 5.33. The van der Waals surface area contributed by atoms with Gasteiger partial charge in [-0.1, -0.05) is 40.7 Å². The Morgan fingerprint density at radius 3 is 2.33 bits per heavy atom. The Morgan fingerprint density at radius 2 is 1.93 bits per heavy atom. The van der Waals surface area contributed by atoms with Crippen LogP contribution in [0, 0.1) is 11.3 Å². The molecule has 0 fully saturated rings. The lowest BCUT2D eigenvalue weighted by atomic mass is 9.76. The molecule has 0 N–H and O–H groups in total. The number of nitrogens with zero attached hydrogens (tertiary/aromatic N) is 1. The number of hydrogen-bond donors (Lipinski definition) is 0. The first-order valence-corrected chi connectivity index (χ1v) is 5.89. The van der Waals surface area contributed by atoms with E-state index in [4.69, 9.17) is 0 Å². The highest BCUT2D eigenvalue weighted by molar-refractivity contribution is 5.15. The third-order valence-electron chi connectivity index (χ3n) is 3.47. The number of hydrogen-bond acceptors (Lipinski definition) is 1. The maximum atomic E-state index is 4.44. The van der Waals surface area contributed by atoms with Gasteiger partial charge in [0.05, 0.1) is 0 Å². The van der Waals surface area contributed by atoms with Crippen LogP contribution in [0.25, 0.3) is 0 Å². The fourth-order valence-electron chi connectivity index (χ4n) is 1.50. The number of aromatic nitrogens is 1. The van der Waals surface area contributed by atoms with E-state index >= 15 is 0 Å². The topological polar surface area (TPSA) is 12.9 Å². The van der Waals surface area contributed by atoms with Crippen molar-refractivity contribution in [3.8, 4) is 0 Å². The predicted octanol–water partition coefficient (Wildman–Crippen LogP) is 3.87. The van der Waals surface area contributed by atoms with Crippen LogP contribution >= 0.6 is 0 Å². The van der Waals surface area contributed by atoms with Crippen LogP contribution in [0.2, 0.25) is 0 Å². The molecule has 0 spiro atoms. The highest BCUT2D eigenvalue weighted by Crippen LogP contribution is 2.30. The molecule has 0 bridgehead atoms. The van der Waals surface area contributed by atoms with Crippen molar-refractivity contribution in [1.82, 2.24) is 4.98 Å². The van der Waals surface area contributed by atoms with Gasteiger partial charge in [0, 0.05) is 11.9 Å². The standard InChI is InChI=1S/C14H23N/c1-6-13-8-7-12(10-15-13)9-14(4,5)11(2)3/h7-8,10-11H,6,9H2,1-5H3. The first kappa shape index (κ1) is 12.2. The van der Waals surface area contributed by atoms with Crippen LogP contribution in [0.15, 0.2) is 18.3 Å². The molecule has 0 amide bonds. The maximum absolute atomic E-state index is 4.44. The predicted molar refractivity (Wildman–Crippen MR) is 65.9 cm³/mol. The van der Waals surface area contributed by atoms with Gasteiger partial charge in [0.15, 0.2) is 0 Å². The zero-order valence-electron chi connectivity index (χ0n) is 10.7. The van der Waals surface area contributed by atoms with E-state index in [2.05, 4.69) is 51.7 Å². The normalized spacial score (nSPS) is 12.1. The fraction of sp³-hybridized carbons (Fsp3) is 0.643. The maximum Gasteiger partial charge on any atom is 0.0401 e. The largest absolute Gasteiger partial charge is 0.261 e. The van der Waals surface area contributed by atoms with Crippen LogP contribution in [-0.4, -0.2) is 4.98 Å². The molecule has 0 saturated heterocycles. The first-order valence-electron chi connectivity index (χ1n) is 5.89. The van der Waals surface area contributed by atoms with Gasteiger partial charge < -0.3 is 0 Å². The van der Waals surface area contributed by atoms with Gasteiger partial charge >= 0.3 is 0 Å². The molecule has 1 nitrogen and oxygen atoms in total. The minimum absolute atomic E-state index is 0.357. The summed E-state index contributed by atoms with van der Waals surface area (Å²) >= 11 is 0. The van der Waals surface area contributed by atoms with Crippen molar-refractivity contribution in [2.24, 2.45) is 11.3 Å². The van der Waals surface area contributed by atoms with Crippen molar-refractivity contribution >= 4 is 0 Å². The van der Waals surface area contributed by atoms with E-state index in [-0.39, 0.29) is 0 Å². The van der Waals surface area contributed by atoms with Gasteiger partial charge in [0.1, 0.15) is 0 Å². The second kappa shape index (κ2) is 4.78. The molecule has 0 aliphatic heterocycles. The highest BCUT2D eigenvalue weighted by atomic mass is 14.7. The van der Waals surface area contributed by atoms with Crippen LogP contribution in [0.1, 0.15) is 45.9 Å². The van der Waals surface area contributed by atoms with E-state index in [1.165, 1.54) is 11.3 Å². The number of rotatable bonds is 4. The van der Waals surface area contributed by atoms with E-state index in [1.807, 2.05) is 6.20 Å². The van der Waals surface area contributed by atoms with Crippen LogP contribution in [0.4, 0.5) is 0 Å². The smallest absolute Gasteiger partial charge is 0.0401 e.